The molecule has 3 N–H and O–H groups in total. The molecule has 0 heterocycles. The lowest BCUT2D eigenvalue weighted by molar-refractivity contribution is 0.00278. The highest BCUT2D eigenvalue weighted by Gasteiger charge is 2.25. The van der Waals surface area contributed by atoms with Crippen LogP contribution in [0.5, 0.6) is 0 Å². The lowest BCUT2D eigenvalue weighted by Crippen LogP contribution is -2.51. The van der Waals surface area contributed by atoms with E-state index in [2.05, 4.69) is 0 Å². The van der Waals surface area contributed by atoms with Crippen molar-refractivity contribution < 1.29 is 9.84 Å². The zero-order chi connectivity index (χ0) is 8.20. The summed E-state index contributed by atoms with van der Waals surface area (Å²) in [6.45, 7) is 6.12. The van der Waals surface area contributed by atoms with Crippen LogP contribution >= 0.6 is 0 Å². The normalized spacial score (nSPS) is 20.1. The smallest absolute Gasteiger partial charge is 0.0746 e. The maximum Gasteiger partial charge on any atom is 0.0746 e. The van der Waals surface area contributed by atoms with Crippen LogP contribution in [0.4, 0.5) is 0 Å². The van der Waals surface area contributed by atoms with Crippen molar-refractivity contribution in [2.45, 2.75) is 32.4 Å². The molecular formula is C7H17NO2. The van der Waals surface area contributed by atoms with E-state index in [0.29, 0.717) is 6.61 Å². The average Bonchev–Trinajstić information content (AvgIpc) is 1.89. The fraction of sp³-hybridized carbons (Fsp3) is 1.00. The highest BCUT2D eigenvalue weighted by molar-refractivity contribution is 4.84. The summed E-state index contributed by atoms with van der Waals surface area (Å²) in [4.78, 5) is 0. The maximum atomic E-state index is 8.79. The van der Waals surface area contributed by atoms with E-state index in [1.54, 1.807) is 6.92 Å². The van der Waals surface area contributed by atoms with Crippen LogP contribution in [0.25, 0.3) is 0 Å². The van der Waals surface area contributed by atoms with Gasteiger partial charge >= 0.3 is 0 Å². The van der Waals surface area contributed by atoms with E-state index >= 15 is 0 Å². The fourth-order valence-corrected chi connectivity index (χ4v) is 0.569. The number of hydrogen-bond donors (Lipinski definition) is 2. The zero-order valence-electron chi connectivity index (χ0n) is 6.92. The van der Waals surface area contributed by atoms with Crippen molar-refractivity contribution >= 4 is 0 Å². The molecule has 0 spiro atoms. The van der Waals surface area contributed by atoms with Crippen LogP contribution in [0.2, 0.25) is 0 Å². The number of hydrogen-bond acceptors (Lipinski definition) is 3. The molecule has 0 aliphatic carbocycles. The van der Waals surface area contributed by atoms with Crippen molar-refractivity contribution in [2.24, 2.45) is 5.73 Å². The first kappa shape index (κ1) is 9.88. The monoisotopic (exact) mass is 147 g/mol. The molecule has 0 fully saturated rings. The van der Waals surface area contributed by atoms with Crippen molar-refractivity contribution in [3.63, 3.8) is 0 Å². The molecule has 62 valence electrons. The number of rotatable bonds is 4. The van der Waals surface area contributed by atoms with Crippen molar-refractivity contribution in [2.75, 3.05) is 13.2 Å². The first-order valence-corrected chi connectivity index (χ1v) is 3.56. The first-order chi connectivity index (χ1) is 4.54. The Morgan fingerprint density at radius 3 is 2.50 bits per heavy atom. The van der Waals surface area contributed by atoms with Gasteiger partial charge in [-0.1, -0.05) is 0 Å². The molecule has 0 amide bonds. The Bertz CT molecular complexity index is 93.6. The predicted octanol–water partition coefficient (Wildman–Crippen LogP) is 0.121. The predicted molar refractivity (Wildman–Crippen MR) is 40.8 cm³/mol. The second kappa shape index (κ2) is 3.91. The van der Waals surface area contributed by atoms with Gasteiger partial charge in [0.2, 0.25) is 0 Å². The van der Waals surface area contributed by atoms with Crippen LogP contribution in [0.1, 0.15) is 20.8 Å². The molecular weight excluding hydrogens is 130 g/mol. The molecule has 2 unspecified atom stereocenters. The van der Waals surface area contributed by atoms with Crippen LogP contribution in [0.15, 0.2) is 0 Å². The molecule has 0 aromatic carbocycles. The molecule has 0 saturated carbocycles. The van der Waals surface area contributed by atoms with Crippen LogP contribution in [0, 0.1) is 0 Å². The minimum Gasteiger partial charge on any atom is -0.394 e. The van der Waals surface area contributed by atoms with Gasteiger partial charge in [-0.3, -0.25) is 0 Å². The van der Waals surface area contributed by atoms with E-state index < -0.39 is 5.54 Å². The largest absolute Gasteiger partial charge is 0.394 e. The van der Waals surface area contributed by atoms with Gasteiger partial charge in [-0.15, -0.1) is 0 Å². The fourth-order valence-electron chi connectivity index (χ4n) is 0.569. The Hall–Kier alpha value is -0.120. The highest BCUT2D eigenvalue weighted by atomic mass is 16.5. The van der Waals surface area contributed by atoms with Gasteiger partial charge in [-0.2, -0.15) is 0 Å². The molecule has 0 aromatic heterocycles. The first-order valence-electron chi connectivity index (χ1n) is 3.56. The lowest BCUT2D eigenvalue weighted by Gasteiger charge is -2.28. The summed E-state index contributed by atoms with van der Waals surface area (Å²) in [6, 6.07) is 0. The van der Waals surface area contributed by atoms with Crippen molar-refractivity contribution in [3.05, 3.63) is 0 Å². The molecule has 2 atom stereocenters. The summed E-state index contributed by atoms with van der Waals surface area (Å²) < 4.78 is 5.21. The third-order valence-corrected chi connectivity index (χ3v) is 1.69. The number of ether oxygens (including phenoxy) is 1. The van der Waals surface area contributed by atoms with Crippen LogP contribution in [-0.4, -0.2) is 30.0 Å². The average molecular weight is 147 g/mol. The van der Waals surface area contributed by atoms with E-state index in [0.717, 1.165) is 0 Å². The second-order valence-corrected chi connectivity index (χ2v) is 2.76. The molecule has 0 aromatic rings. The minimum atomic E-state index is -0.615. The van der Waals surface area contributed by atoms with E-state index in [1.807, 2.05) is 13.8 Å². The van der Waals surface area contributed by atoms with Crippen LogP contribution in [-0.2, 0) is 4.74 Å². The Labute approximate surface area is 62.2 Å². The van der Waals surface area contributed by atoms with Crippen LogP contribution < -0.4 is 5.73 Å². The molecule has 10 heavy (non-hydrogen) atoms. The van der Waals surface area contributed by atoms with Gasteiger partial charge in [0.1, 0.15) is 0 Å². The van der Waals surface area contributed by atoms with Gasteiger partial charge in [0.15, 0.2) is 0 Å². The standard InChI is InChI=1S/C7H17NO2/c1-4-10-6(2)7(3,8)5-9/h6,9H,4-5,8H2,1-3H3. The van der Waals surface area contributed by atoms with Crippen LogP contribution in [0.3, 0.4) is 0 Å². The second-order valence-electron chi connectivity index (χ2n) is 2.76. The number of aliphatic hydroxyl groups excluding tert-OH is 1. The number of nitrogens with two attached hydrogens (primary N) is 1. The highest BCUT2D eigenvalue weighted by Crippen LogP contribution is 2.08. The summed E-state index contributed by atoms with van der Waals surface area (Å²) in [7, 11) is 0. The summed E-state index contributed by atoms with van der Waals surface area (Å²) in [5, 5.41) is 8.79. The van der Waals surface area contributed by atoms with Gasteiger partial charge in [-0.25, -0.2) is 0 Å². The van der Waals surface area contributed by atoms with Crippen molar-refractivity contribution in [1.82, 2.24) is 0 Å². The Morgan fingerprint density at radius 2 is 2.20 bits per heavy atom. The minimum absolute atomic E-state index is 0.0475. The summed E-state index contributed by atoms with van der Waals surface area (Å²) in [5.41, 5.74) is 5.06. The quantitative estimate of drug-likeness (QED) is 0.594. The number of aliphatic hydroxyl groups is 1. The van der Waals surface area contributed by atoms with Crippen molar-refractivity contribution in [3.8, 4) is 0 Å². The lowest BCUT2D eigenvalue weighted by atomic mass is 9.99. The van der Waals surface area contributed by atoms with E-state index in [1.165, 1.54) is 0 Å². The SMILES string of the molecule is CCOC(C)C(C)(N)CO. The maximum absolute atomic E-state index is 8.79. The molecule has 3 nitrogen and oxygen atoms in total. The van der Waals surface area contributed by atoms with Gasteiger partial charge < -0.3 is 15.6 Å². The molecule has 3 heteroatoms. The summed E-state index contributed by atoms with van der Waals surface area (Å²) in [6.07, 6.45) is -0.0949. The Morgan fingerprint density at radius 1 is 1.70 bits per heavy atom. The van der Waals surface area contributed by atoms with Gasteiger partial charge in [0.25, 0.3) is 0 Å². The topological polar surface area (TPSA) is 55.5 Å². The van der Waals surface area contributed by atoms with E-state index in [4.69, 9.17) is 15.6 Å². The van der Waals surface area contributed by atoms with Gasteiger partial charge in [0.05, 0.1) is 18.2 Å². The van der Waals surface area contributed by atoms with Crippen molar-refractivity contribution in [1.29, 1.82) is 0 Å². The Kier molecular flexibility index (Phi) is 3.86. The van der Waals surface area contributed by atoms with Gasteiger partial charge in [-0.05, 0) is 20.8 Å². The molecule has 0 aliphatic heterocycles. The molecule has 0 radical (unpaired) electrons. The Balaban J connectivity index is 3.78. The molecule has 0 rings (SSSR count). The van der Waals surface area contributed by atoms with E-state index in [-0.39, 0.29) is 12.7 Å². The van der Waals surface area contributed by atoms with Gasteiger partial charge in [0, 0.05) is 6.61 Å². The summed E-state index contributed by atoms with van der Waals surface area (Å²) in [5.74, 6) is 0. The molecule has 0 saturated heterocycles. The summed E-state index contributed by atoms with van der Waals surface area (Å²) >= 11 is 0. The third kappa shape index (κ3) is 2.64. The zero-order valence-corrected chi connectivity index (χ0v) is 6.92. The molecule has 0 bridgehead atoms. The molecule has 0 aliphatic rings. The van der Waals surface area contributed by atoms with E-state index in [9.17, 15) is 0 Å². The third-order valence-electron chi connectivity index (χ3n) is 1.69.